The third-order valence-electron chi connectivity index (χ3n) is 6.05. The fourth-order valence-electron chi connectivity index (χ4n) is 3.99. The van der Waals surface area contributed by atoms with E-state index < -0.39 is 0 Å². The molecule has 0 radical (unpaired) electrons. The number of likely N-dealkylation sites (N-methyl/N-ethyl adjacent to an activating group) is 2. The Morgan fingerprint density at radius 3 is 1.87 bits per heavy atom. The number of imidazole rings is 1. The predicted octanol–water partition coefficient (Wildman–Crippen LogP) is 4.72. The highest BCUT2D eigenvalue weighted by atomic mass is 15.2. The quantitative estimate of drug-likeness (QED) is 0.471. The summed E-state index contributed by atoms with van der Waals surface area (Å²) in [6, 6.07) is 16.9. The van der Waals surface area contributed by atoms with Crippen molar-refractivity contribution < 1.29 is 0 Å². The molecule has 0 spiro atoms. The molecule has 0 aliphatic rings. The molecule has 0 atom stereocenters. The number of para-hydroxylation sites is 3. The molecule has 5 heteroatoms. The number of fused-ring (bicyclic) bond motifs is 1. The van der Waals surface area contributed by atoms with Crippen LogP contribution in [0.15, 0.2) is 48.5 Å². The van der Waals surface area contributed by atoms with Crippen LogP contribution in [0.3, 0.4) is 0 Å². The molecule has 1 N–H and O–H groups in total. The van der Waals surface area contributed by atoms with Crippen molar-refractivity contribution in [1.82, 2.24) is 19.8 Å². The zero-order valence-corrected chi connectivity index (χ0v) is 19.1. The average molecular weight is 408 g/mol. The van der Waals surface area contributed by atoms with Crippen molar-refractivity contribution in [3.63, 3.8) is 0 Å². The van der Waals surface area contributed by atoms with Crippen molar-refractivity contribution in [2.45, 2.75) is 27.7 Å². The van der Waals surface area contributed by atoms with Crippen molar-refractivity contribution >= 4 is 16.7 Å². The van der Waals surface area contributed by atoms with Crippen LogP contribution in [0.25, 0.3) is 22.4 Å². The van der Waals surface area contributed by atoms with Crippen molar-refractivity contribution in [3.8, 4) is 11.4 Å². The van der Waals surface area contributed by atoms with E-state index in [0.717, 1.165) is 69.2 Å². The van der Waals surface area contributed by atoms with Gasteiger partial charge in [-0.1, -0.05) is 52.0 Å². The van der Waals surface area contributed by atoms with Crippen LogP contribution in [-0.4, -0.2) is 72.1 Å². The molecule has 0 saturated carbocycles. The number of hydrogen-bond acceptors (Lipinski definition) is 4. The minimum atomic E-state index is 0.947. The maximum atomic E-state index is 4.88. The Hall–Kier alpha value is -2.37. The summed E-state index contributed by atoms with van der Waals surface area (Å²) in [6.45, 7) is 17.5. The summed E-state index contributed by atoms with van der Waals surface area (Å²) in [4.78, 5) is 15.9. The van der Waals surface area contributed by atoms with Gasteiger partial charge in [-0.25, -0.2) is 4.98 Å². The van der Waals surface area contributed by atoms with Gasteiger partial charge in [0.2, 0.25) is 0 Å². The van der Waals surface area contributed by atoms with Crippen molar-refractivity contribution in [2.75, 3.05) is 57.3 Å². The zero-order chi connectivity index (χ0) is 21.3. The van der Waals surface area contributed by atoms with Gasteiger partial charge < -0.3 is 19.7 Å². The Morgan fingerprint density at radius 2 is 1.27 bits per heavy atom. The molecule has 5 nitrogen and oxygen atoms in total. The SMILES string of the molecule is CCN(CC)CCN(CCN(CC)CC)c1ccccc1-c1nc2ccccc2[nH]1. The standard InChI is InChI=1S/C25H37N5/c1-5-28(6-2)17-19-30(20-18-29(7-3)8-4)24-16-12-9-13-21(24)25-26-22-14-10-11-15-23(22)27-25/h9-16H,5-8,17-20H2,1-4H3,(H,26,27). The maximum absolute atomic E-state index is 4.88. The molecule has 0 saturated heterocycles. The fraction of sp³-hybridized carbons (Fsp3) is 0.480. The van der Waals surface area contributed by atoms with Crippen LogP contribution in [0.4, 0.5) is 5.69 Å². The highest BCUT2D eigenvalue weighted by Gasteiger charge is 2.16. The van der Waals surface area contributed by atoms with Gasteiger partial charge in [0.15, 0.2) is 0 Å². The smallest absolute Gasteiger partial charge is 0.140 e. The van der Waals surface area contributed by atoms with Crippen LogP contribution in [-0.2, 0) is 0 Å². The number of hydrogen-bond donors (Lipinski definition) is 1. The molecular weight excluding hydrogens is 370 g/mol. The minimum Gasteiger partial charge on any atom is -0.368 e. The van der Waals surface area contributed by atoms with E-state index in [9.17, 15) is 0 Å². The summed E-state index contributed by atoms with van der Waals surface area (Å²) < 4.78 is 0. The lowest BCUT2D eigenvalue weighted by Crippen LogP contribution is -2.40. The van der Waals surface area contributed by atoms with Gasteiger partial charge in [-0.15, -0.1) is 0 Å². The molecule has 1 heterocycles. The van der Waals surface area contributed by atoms with Gasteiger partial charge in [0.1, 0.15) is 5.82 Å². The lowest BCUT2D eigenvalue weighted by atomic mass is 10.1. The first-order valence-corrected chi connectivity index (χ1v) is 11.4. The monoisotopic (exact) mass is 407 g/mol. The molecule has 162 valence electrons. The van der Waals surface area contributed by atoms with E-state index in [1.807, 2.05) is 6.07 Å². The number of aromatic nitrogens is 2. The molecule has 0 bridgehead atoms. The maximum Gasteiger partial charge on any atom is 0.140 e. The molecule has 0 unspecified atom stereocenters. The summed E-state index contributed by atoms with van der Waals surface area (Å²) in [5, 5.41) is 0. The predicted molar refractivity (Wildman–Crippen MR) is 129 cm³/mol. The van der Waals surface area contributed by atoms with Crippen molar-refractivity contribution in [3.05, 3.63) is 48.5 Å². The van der Waals surface area contributed by atoms with Gasteiger partial charge in [0, 0.05) is 37.4 Å². The molecule has 30 heavy (non-hydrogen) atoms. The lowest BCUT2D eigenvalue weighted by molar-refractivity contribution is 0.294. The molecule has 3 rings (SSSR count). The fourth-order valence-corrected chi connectivity index (χ4v) is 3.99. The number of nitrogens with one attached hydrogen (secondary N) is 1. The number of anilines is 1. The van der Waals surface area contributed by atoms with Gasteiger partial charge in [0.25, 0.3) is 0 Å². The van der Waals surface area contributed by atoms with Gasteiger partial charge in [-0.2, -0.15) is 0 Å². The second-order valence-electron chi connectivity index (χ2n) is 7.66. The van der Waals surface area contributed by atoms with Crippen molar-refractivity contribution in [1.29, 1.82) is 0 Å². The van der Waals surface area contributed by atoms with Gasteiger partial charge in [-0.05, 0) is 50.4 Å². The molecular formula is C25H37N5. The highest BCUT2D eigenvalue weighted by molar-refractivity contribution is 5.83. The van der Waals surface area contributed by atoms with Crippen LogP contribution in [0.5, 0.6) is 0 Å². The van der Waals surface area contributed by atoms with Crippen LogP contribution in [0, 0.1) is 0 Å². The van der Waals surface area contributed by atoms with Crippen LogP contribution < -0.4 is 4.90 Å². The number of aromatic amines is 1. The third kappa shape index (κ3) is 5.41. The Kier molecular flexibility index (Phi) is 8.29. The largest absolute Gasteiger partial charge is 0.368 e. The van der Waals surface area contributed by atoms with Crippen LogP contribution in [0.2, 0.25) is 0 Å². The Morgan fingerprint density at radius 1 is 0.700 bits per heavy atom. The van der Waals surface area contributed by atoms with Crippen LogP contribution >= 0.6 is 0 Å². The molecule has 0 amide bonds. The average Bonchev–Trinajstić information content (AvgIpc) is 3.23. The Bertz CT molecular complexity index is 846. The lowest BCUT2D eigenvalue weighted by Gasteiger charge is -2.31. The first kappa shape index (κ1) is 22.3. The summed E-state index contributed by atoms with van der Waals surface area (Å²) in [7, 11) is 0. The summed E-state index contributed by atoms with van der Waals surface area (Å²) in [5.41, 5.74) is 4.53. The number of nitrogens with zero attached hydrogens (tertiary/aromatic N) is 4. The first-order valence-electron chi connectivity index (χ1n) is 11.4. The molecule has 0 aliphatic carbocycles. The van der Waals surface area contributed by atoms with E-state index in [2.05, 4.69) is 89.8 Å². The second kappa shape index (κ2) is 11.1. The minimum absolute atomic E-state index is 0.947. The van der Waals surface area contributed by atoms with Crippen LogP contribution in [0.1, 0.15) is 27.7 Å². The Balaban J connectivity index is 1.91. The van der Waals surface area contributed by atoms with Gasteiger partial charge >= 0.3 is 0 Å². The molecule has 3 aromatic rings. The van der Waals surface area contributed by atoms with E-state index >= 15 is 0 Å². The van der Waals surface area contributed by atoms with Gasteiger partial charge in [-0.3, -0.25) is 0 Å². The number of rotatable bonds is 12. The van der Waals surface area contributed by atoms with E-state index in [1.165, 1.54) is 11.3 Å². The summed E-state index contributed by atoms with van der Waals surface area (Å²) >= 11 is 0. The summed E-state index contributed by atoms with van der Waals surface area (Å²) in [5.74, 6) is 0.947. The molecule has 2 aromatic carbocycles. The second-order valence-corrected chi connectivity index (χ2v) is 7.66. The molecule has 1 aromatic heterocycles. The Labute approximate surface area is 181 Å². The number of benzene rings is 2. The highest BCUT2D eigenvalue weighted by Crippen LogP contribution is 2.30. The summed E-state index contributed by atoms with van der Waals surface area (Å²) in [6.07, 6.45) is 0. The molecule has 0 aliphatic heterocycles. The van der Waals surface area contributed by atoms with Crippen molar-refractivity contribution in [2.24, 2.45) is 0 Å². The van der Waals surface area contributed by atoms with E-state index in [1.54, 1.807) is 0 Å². The van der Waals surface area contributed by atoms with E-state index in [4.69, 9.17) is 4.98 Å². The zero-order valence-electron chi connectivity index (χ0n) is 19.1. The number of H-pyrrole nitrogens is 1. The normalized spacial score (nSPS) is 11.7. The molecule has 0 fully saturated rings. The first-order chi connectivity index (χ1) is 14.7. The van der Waals surface area contributed by atoms with E-state index in [0.29, 0.717) is 0 Å². The topological polar surface area (TPSA) is 38.4 Å². The third-order valence-corrected chi connectivity index (χ3v) is 6.05. The van der Waals surface area contributed by atoms with E-state index in [-0.39, 0.29) is 0 Å². The van der Waals surface area contributed by atoms with Gasteiger partial charge in [0.05, 0.1) is 11.0 Å².